The van der Waals surface area contributed by atoms with Gasteiger partial charge in [0.2, 0.25) is 11.8 Å². The maximum absolute atomic E-state index is 14.6. The molecular formula is C26H27ClFN5O4. The van der Waals surface area contributed by atoms with Crippen LogP contribution in [0.25, 0.3) is 0 Å². The Morgan fingerprint density at radius 2 is 2.03 bits per heavy atom. The lowest BCUT2D eigenvalue weighted by Gasteiger charge is -2.20. The van der Waals surface area contributed by atoms with E-state index in [-0.39, 0.29) is 36.8 Å². The Hall–Kier alpha value is -3.92. The van der Waals surface area contributed by atoms with E-state index in [1.54, 1.807) is 38.1 Å². The molecule has 194 valence electrons. The van der Waals surface area contributed by atoms with E-state index in [1.807, 2.05) is 12.2 Å². The van der Waals surface area contributed by atoms with Crippen LogP contribution < -0.4 is 26.2 Å². The van der Waals surface area contributed by atoms with Crippen molar-refractivity contribution in [3.8, 4) is 11.6 Å². The summed E-state index contributed by atoms with van der Waals surface area (Å²) in [5.41, 5.74) is -0.369. The largest absolute Gasteiger partial charge is 0.488 e. The highest BCUT2D eigenvalue weighted by atomic mass is 35.5. The zero-order valence-corrected chi connectivity index (χ0v) is 21.4. The van der Waals surface area contributed by atoms with E-state index in [0.29, 0.717) is 28.6 Å². The van der Waals surface area contributed by atoms with Crippen LogP contribution in [-0.4, -0.2) is 32.3 Å². The monoisotopic (exact) mass is 527 g/mol. The van der Waals surface area contributed by atoms with Crippen molar-refractivity contribution >= 4 is 23.2 Å². The molecule has 1 N–H and O–H groups in total. The highest BCUT2D eigenvalue weighted by molar-refractivity contribution is 6.31. The van der Waals surface area contributed by atoms with Gasteiger partial charge in [-0.25, -0.2) is 23.5 Å². The van der Waals surface area contributed by atoms with Crippen LogP contribution in [0, 0.1) is 11.7 Å². The smallest absolute Gasteiger partial charge is 0.355 e. The first-order valence-electron chi connectivity index (χ1n) is 11.7. The molecule has 9 nitrogen and oxygen atoms in total. The lowest BCUT2D eigenvalue weighted by Crippen LogP contribution is -2.43. The molecule has 1 aromatic carbocycles. The molecule has 0 saturated carbocycles. The molecule has 1 aliphatic carbocycles. The van der Waals surface area contributed by atoms with Gasteiger partial charge in [-0.1, -0.05) is 29.8 Å². The van der Waals surface area contributed by atoms with Gasteiger partial charge >= 0.3 is 11.4 Å². The quantitative estimate of drug-likeness (QED) is 0.444. The van der Waals surface area contributed by atoms with Gasteiger partial charge in [0.25, 0.3) is 0 Å². The van der Waals surface area contributed by atoms with Crippen LogP contribution in [0.2, 0.25) is 0 Å². The summed E-state index contributed by atoms with van der Waals surface area (Å²) in [7, 11) is 1.50. The van der Waals surface area contributed by atoms with Crippen LogP contribution in [0.15, 0.2) is 69.4 Å². The molecule has 3 aromatic rings. The van der Waals surface area contributed by atoms with Crippen molar-refractivity contribution in [2.75, 3.05) is 12.4 Å². The number of nitrogens with zero attached hydrogens (tertiary/aromatic N) is 4. The lowest BCUT2D eigenvalue weighted by atomic mass is 10.0. The molecule has 1 unspecified atom stereocenters. The van der Waals surface area contributed by atoms with Crippen molar-refractivity contribution in [1.82, 2.24) is 19.1 Å². The Morgan fingerprint density at radius 1 is 1.22 bits per heavy atom. The van der Waals surface area contributed by atoms with Crippen molar-refractivity contribution < 1.29 is 13.9 Å². The van der Waals surface area contributed by atoms with Crippen molar-refractivity contribution in [1.29, 1.82) is 0 Å². The predicted octanol–water partition coefficient (Wildman–Crippen LogP) is 4.23. The third-order valence-electron chi connectivity index (χ3n) is 5.61. The molecular weight excluding hydrogens is 501 g/mol. The molecule has 1 atom stereocenters. The number of allylic oxidation sites excluding steroid dienone is 4. The topological polar surface area (TPSA) is 100 Å². The number of nitrogens with one attached hydrogen (secondary N) is 1. The highest BCUT2D eigenvalue weighted by Gasteiger charge is 2.19. The number of hydrogen-bond donors (Lipinski definition) is 1. The van der Waals surface area contributed by atoms with Crippen LogP contribution in [0.3, 0.4) is 0 Å². The number of ether oxygens (including phenoxy) is 2. The minimum absolute atomic E-state index is 0.00471. The second-order valence-electron chi connectivity index (χ2n) is 8.79. The summed E-state index contributed by atoms with van der Waals surface area (Å²) >= 11 is 6.05. The molecule has 0 bridgehead atoms. The Kier molecular flexibility index (Phi) is 8.08. The molecule has 0 radical (unpaired) electrons. The van der Waals surface area contributed by atoms with Crippen LogP contribution >= 0.6 is 11.6 Å². The molecule has 0 fully saturated rings. The molecule has 0 aliphatic heterocycles. The number of hydrogen-bond acceptors (Lipinski definition) is 7. The van der Waals surface area contributed by atoms with E-state index in [4.69, 9.17) is 21.1 Å². The van der Waals surface area contributed by atoms with Crippen molar-refractivity contribution in [2.24, 2.45) is 5.92 Å². The normalized spacial score (nSPS) is 15.0. The van der Waals surface area contributed by atoms with Crippen molar-refractivity contribution in [2.45, 2.75) is 39.5 Å². The number of anilines is 2. The van der Waals surface area contributed by atoms with Crippen LogP contribution in [0.5, 0.6) is 11.6 Å². The lowest BCUT2D eigenvalue weighted by molar-refractivity contribution is 0.231. The van der Waals surface area contributed by atoms with Gasteiger partial charge < -0.3 is 14.8 Å². The SMILES string of the molecule is COc1ccc(Cn2c(=O)nc(Nc3ccc(OC(C)C)c(F)c3)n(CC3C=CC(Cl)=CC3)c2=O)cn1. The first-order valence-corrected chi connectivity index (χ1v) is 12.1. The molecule has 0 amide bonds. The summed E-state index contributed by atoms with van der Waals surface area (Å²) in [5, 5.41) is 3.55. The first-order chi connectivity index (χ1) is 17.7. The van der Waals surface area contributed by atoms with Gasteiger partial charge in [-0.3, -0.25) is 4.57 Å². The van der Waals surface area contributed by atoms with E-state index in [0.717, 1.165) is 4.57 Å². The van der Waals surface area contributed by atoms with Gasteiger partial charge in [0, 0.05) is 35.6 Å². The molecule has 4 rings (SSSR count). The summed E-state index contributed by atoms with van der Waals surface area (Å²) in [6.07, 6.45) is 7.47. The zero-order chi connectivity index (χ0) is 26.5. The Labute approximate surface area is 217 Å². The second-order valence-corrected chi connectivity index (χ2v) is 9.22. The minimum Gasteiger partial charge on any atom is -0.488 e. The number of benzene rings is 1. The Bertz CT molecular complexity index is 1450. The van der Waals surface area contributed by atoms with E-state index in [9.17, 15) is 14.0 Å². The fourth-order valence-corrected chi connectivity index (χ4v) is 3.96. The maximum Gasteiger partial charge on any atom is 0.355 e. The summed E-state index contributed by atoms with van der Waals surface area (Å²) in [4.78, 5) is 34.7. The molecule has 37 heavy (non-hydrogen) atoms. The first kappa shape index (κ1) is 26.2. The summed E-state index contributed by atoms with van der Waals surface area (Å²) in [6, 6.07) is 7.66. The number of methoxy groups -OCH3 is 1. The summed E-state index contributed by atoms with van der Waals surface area (Å²) < 4.78 is 27.5. The molecule has 0 spiro atoms. The average molecular weight is 528 g/mol. The van der Waals surface area contributed by atoms with Gasteiger partial charge in [0.15, 0.2) is 11.6 Å². The Balaban J connectivity index is 1.70. The van der Waals surface area contributed by atoms with Gasteiger partial charge in [0.1, 0.15) is 0 Å². The van der Waals surface area contributed by atoms with Crippen LogP contribution in [0.1, 0.15) is 25.8 Å². The molecule has 2 aromatic heterocycles. The Morgan fingerprint density at radius 3 is 2.65 bits per heavy atom. The van der Waals surface area contributed by atoms with E-state index >= 15 is 0 Å². The van der Waals surface area contributed by atoms with Crippen molar-refractivity contribution in [3.05, 3.63) is 92.1 Å². The van der Waals surface area contributed by atoms with Gasteiger partial charge in [-0.2, -0.15) is 4.98 Å². The molecule has 2 heterocycles. The minimum atomic E-state index is -0.748. The van der Waals surface area contributed by atoms with E-state index in [2.05, 4.69) is 15.3 Å². The van der Waals surface area contributed by atoms with Crippen LogP contribution in [0.4, 0.5) is 16.0 Å². The highest BCUT2D eigenvalue weighted by Crippen LogP contribution is 2.25. The zero-order valence-electron chi connectivity index (χ0n) is 20.6. The summed E-state index contributed by atoms with van der Waals surface area (Å²) in [6.45, 7) is 3.80. The number of pyridine rings is 1. The number of halogens is 2. The third kappa shape index (κ3) is 6.45. The van der Waals surface area contributed by atoms with Crippen molar-refractivity contribution in [3.63, 3.8) is 0 Å². The van der Waals surface area contributed by atoms with E-state index in [1.165, 1.54) is 30.0 Å². The molecule has 11 heteroatoms. The maximum atomic E-state index is 14.6. The molecule has 0 saturated heterocycles. The van der Waals surface area contributed by atoms with Crippen LogP contribution in [-0.2, 0) is 13.1 Å². The van der Waals surface area contributed by atoms with Gasteiger partial charge in [-0.05, 0) is 50.0 Å². The van der Waals surface area contributed by atoms with Gasteiger partial charge in [0.05, 0.1) is 19.8 Å². The summed E-state index contributed by atoms with van der Waals surface area (Å²) in [5.74, 6) is -0.118. The second kappa shape index (κ2) is 11.4. The number of aromatic nitrogens is 4. The van der Waals surface area contributed by atoms with E-state index < -0.39 is 17.2 Å². The average Bonchev–Trinajstić information content (AvgIpc) is 2.87. The predicted molar refractivity (Wildman–Crippen MR) is 139 cm³/mol. The third-order valence-corrected chi connectivity index (χ3v) is 5.89. The fraction of sp³-hybridized carbons (Fsp3) is 0.308. The molecule has 1 aliphatic rings. The standard InChI is InChI=1S/C26H27ClFN5O4/c1-16(2)37-22-10-9-20(12-21(22)28)30-24-31-25(34)33(15-18-6-11-23(36-3)29-13-18)26(35)32(24)14-17-4-7-19(27)8-5-17/h4,6-13,16-17H,5,14-15H2,1-3H3,(H,30,31,34). The van der Waals surface area contributed by atoms with Gasteiger partial charge in [-0.15, -0.1) is 0 Å². The fourth-order valence-electron chi connectivity index (χ4n) is 3.80. The number of rotatable bonds is 9.